The molecule has 0 amide bonds. The summed E-state index contributed by atoms with van der Waals surface area (Å²) < 4.78 is 0. The monoisotopic (exact) mass is 258 g/mol. The van der Waals surface area contributed by atoms with Gasteiger partial charge in [0, 0.05) is 25.0 Å². The zero-order valence-corrected chi connectivity index (χ0v) is 10.9. The van der Waals surface area contributed by atoms with Crippen LogP contribution in [-0.2, 0) is 18.8 Å². The lowest BCUT2D eigenvalue weighted by molar-refractivity contribution is 0.730. The Hall–Kier alpha value is -1.54. The number of aromatic nitrogens is 1. The molecule has 0 fully saturated rings. The van der Waals surface area contributed by atoms with E-state index in [0.717, 1.165) is 25.2 Å². The minimum atomic E-state index is 0.471. The molecule has 0 atom stereocenters. The van der Waals surface area contributed by atoms with Crippen LogP contribution < -0.4 is 4.90 Å². The Morgan fingerprint density at radius 3 is 2.83 bits per heavy atom. The number of hydrogen-bond donors (Lipinski definition) is 0. The topological polar surface area (TPSA) is 16.1 Å². The smallest absolute Gasteiger partial charge is 0.0648 e. The molecule has 18 heavy (non-hydrogen) atoms. The summed E-state index contributed by atoms with van der Waals surface area (Å²) in [6, 6.07) is 12.8. The fraction of sp³-hybridized carbons (Fsp3) is 0.267. The molecule has 1 aliphatic rings. The Balaban J connectivity index is 1.87. The van der Waals surface area contributed by atoms with Crippen molar-refractivity contribution in [2.24, 2.45) is 0 Å². The Labute approximate surface area is 112 Å². The Bertz CT molecular complexity index is 554. The van der Waals surface area contributed by atoms with E-state index in [1.54, 1.807) is 0 Å². The lowest BCUT2D eigenvalue weighted by Crippen LogP contribution is -2.30. The second kappa shape index (κ2) is 4.99. The van der Waals surface area contributed by atoms with Crippen molar-refractivity contribution < 1.29 is 0 Å². The summed E-state index contributed by atoms with van der Waals surface area (Å²) in [6.45, 7) is 2.03. The number of alkyl halides is 1. The van der Waals surface area contributed by atoms with Crippen LogP contribution in [0.5, 0.6) is 0 Å². The standard InChI is InChI=1S/C15H15ClN2/c16-10-14-9-15(5-7-17-14)18-8-6-12-3-1-2-4-13(12)11-18/h1-5,7,9H,6,8,10-11H2. The number of fused-ring (bicyclic) bond motifs is 1. The van der Waals surface area contributed by atoms with Gasteiger partial charge in [0.2, 0.25) is 0 Å². The van der Waals surface area contributed by atoms with Crippen LogP contribution in [0.25, 0.3) is 0 Å². The first-order chi connectivity index (χ1) is 8.86. The third kappa shape index (κ3) is 2.21. The fourth-order valence-corrected chi connectivity index (χ4v) is 2.60. The van der Waals surface area contributed by atoms with Crippen molar-refractivity contribution >= 4 is 17.3 Å². The number of halogens is 1. The van der Waals surface area contributed by atoms with Gasteiger partial charge in [-0.2, -0.15) is 0 Å². The SMILES string of the molecule is ClCc1cc(N2CCc3ccccc3C2)ccn1. The highest BCUT2D eigenvalue weighted by Gasteiger charge is 2.16. The Morgan fingerprint density at radius 1 is 1.17 bits per heavy atom. The molecule has 1 aliphatic heterocycles. The van der Waals surface area contributed by atoms with E-state index < -0.39 is 0 Å². The third-order valence-electron chi connectivity index (χ3n) is 3.43. The molecule has 0 N–H and O–H groups in total. The van der Waals surface area contributed by atoms with E-state index in [9.17, 15) is 0 Å². The minimum absolute atomic E-state index is 0.471. The molecule has 3 heteroatoms. The molecule has 0 saturated heterocycles. The van der Waals surface area contributed by atoms with Gasteiger partial charge < -0.3 is 4.90 Å². The lowest BCUT2D eigenvalue weighted by atomic mass is 9.99. The molecule has 0 spiro atoms. The number of pyridine rings is 1. The van der Waals surface area contributed by atoms with Crippen molar-refractivity contribution in [2.45, 2.75) is 18.8 Å². The molecule has 0 saturated carbocycles. The average Bonchev–Trinajstić information content (AvgIpc) is 2.47. The summed E-state index contributed by atoms with van der Waals surface area (Å²) in [7, 11) is 0. The van der Waals surface area contributed by atoms with Crippen LogP contribution in [0, 0.1) is 0 Å². The van der Waals surface area contributed by atoms with Gasteiger partial charge in [0.05, 0.1) is 11.6 Å². The highest BCUT2D eigenvalue weighted by Crippen LogP contribution is 2.24. The maximum atomic E-state index is 5.84. The molecule has 2 nitrogen and oxygen atoms in total. The molecule has 2 heterocycles. The van der Waals surface area contributed by atoms with Crippen LogP contribution >= 0.6 is 11.6 Å². The van der Waals surface area contributed by atoms with Gasteiger partial charge in [0.15, 0.2) is 0 Å². The summed E-state index contributed by atoms with van der Waals surface area (Å²) in [4.78, 5) is 6.63. The quantitative estimate of drug-likeness (QED) is 0.768. The first kappa shape index (κ1) is 11.5. The fourth-order valence-electron chi connectivity index (χ4n) is 2.45. The number of nitrogens with zero attached hydrogens (tertiary/aromatic N) is 2. The molecule has 2 aromatic rings. The van der Waals surface area contributed by atoms with Crippen molar-refractivity contribution in [2.75, 3.05) is 11.4 Å². The second-order valence-electron chi connectivity index (χ2n) is 4.58. The Kier molecular flexibility index (Phi) is 3.20. The predicted octanol–water partition coefficient (Wildman–Crippen LogP) is 3.38. The predicted molar refractivity (Wildman–Crippen MR) is 75.0 cm³/mol. The third-order valence-corrected chi connectivity index (χ3v) is 3.71. The van der Waals surface area contributed by atoms with Crippen LogP contribution in [0.15, 0.2) is 42.6 Å². The normalized spacial score (nSPS) is 14.4. The van der Waals surface area contributed by atoms with Gasteiger partial charge in [-0.15, -0.1) is 11.6 Å². The highest BCUT2D eigenvalue weighted by molar-refractivity contribution is 6.16. The van der Waals surface area contributed by atoms with Crippen molar-refractivity contribution in [1.82, 2.24) is 4.98 Å². The molecule has 0 unspecified atom stereocenters. The lowest BCUT2D eigenvalue weighted by Gasteiger charge is -2.30. The van der Waals surface area contributed by atoms with Crippen LogP contribution in [-0.4, -0.2) is 11.5 Å². The van der Waals surface area contributed by atoms with E-state index in [1.807, 2.05) is 6.20 Å². The molecule has 1 aromatic carbocycles. The van der Waals surface area contributed by atoms with E-state index in [2.05, 4.69) is 46.3 Å². The summed E-state index contributed by atoms with van der Waals surface area (Å²) in [6.07, 6.45) is 2.95. The van der Waals surface area contributed by atoms with Crippen molar-refractivity contribution in [3.05, 3.63) is 59.4 Å². The number of benzene rings is 1. The van der Waals surface area contributed by atoms with Crippen LogP contribution in [0.4, 0.5) is 5.69 Å². The van der Waals surface area contributed by atoms with Crippen molar-refractivity contribution in [3.8, 4) is 0 Å². The number of rotatable bonds is 2. The maximum absolute atomic E-state index is 5.84. The number of anilines is 1. The summed E-state index contributed by atoms with van der Waals surface area (Å²) in [5.41, 5.74) is 5.05. The zero-order chi connectivity index (χ0) is 12.4. The molecule has 0 aliphatic carbocycles. The van der Waals surface area contributed by atoms with Gasteiger partial charge in [-0.3, -0.25) is 4.98 Å². The van der Waals surface area contributed by atoms with Crippen molar-refractivity contribution in [3.63, 3.8) is 0 Å². The average molecular weight is 259 g/mol. The van der Waals surface area contributed by atoms with Gasteiger partial charge in [-0.1, -0.05) is 24.3 Å². The largest absolute Gasteiger partial charge is 0.367 e. The molecule has 0 bridgehead atoms. The molecular formula is C15H15ClN2. The summed E-state index contributed by atoms with van der Waals surface area (Å²) in [5.74, 6) is 0.471. The molecule has 3 rings (SSSR count). The number of hydrogen-bond acceptors (Lipinski definition) is 2. The van der Waals surface area contributed by atoms with Gasteiger partial charge >= 0.3 is 0 Å². The van der Waals surface area contributed by atoms with E-state index in [0.29, 0.717) is 5.88 Å². The Morgan fingerprint density at radius 2 is 2.00 bits per heavy atom. The van der Waals surface area contributed by atoms with Crippen molar-refractivity contribution in [1.29, 1.82) is 0 Å². The van der Waals surface area contributed by atoms with E-state index in [1.165, 1.54) is 16.8 Å². The molecular weight excluding hydrogens is 244 g/mol. The van der Waals surface area contributed by atoms with E-state index in [-0.39, 0.29) is 0 Å². The second-order valence-corrected chi connectivity index (χ2v) is 4.85. The van der Waals surface area contributed by atoms with E-state index >= 15 is 0 Å². The first-order valence-electron chi connectivity index (χ1n) is 6.19. The van der Waals surface area contributed by atoms with Gasteiger partial charge in [0.1, 0.15) is 0 Å². The van der Waals surface area contributed by atoms with Crippen LogP contribution in [0.2, 0.25) is 0 Å². The van der Waals surface area contributed by atoms with Crippen LogP contribution in [0.3, 0.4) is 0 Å². The molecule has 0 radical (unpaired) electrons. The van der Waals surface area contributed by atoms with E-state index in [4.69, 9.17) is 11.6 Å². The molecule has 92 valence electrons. The maximum Gasteiger partial charge on any atom is 0.0648 e. The van der Waals surface area contributed by atoms with Crippen LogP contribution in [0.1, 0.15) is 16.8 Å². The summed E-state index contributed by atoms with van der Waals surface area (Å²) in [5, 5.41) is 0. The van der Waals surface area contributed by atoms with Gasteiger partial charge in [0.25, 0.3) is 0 Å². The highest BCUT2D eigenvalue weighted by atomic mass is 35.5. The zero-order valence-electron chi connectivity index (χ0n) is 10.1. The van der Waals surface area contributed by atoms with Gasteiger partial charge in [-0.05, 0) is 29.7 Å². The van der Waals surface area contributed by atoms with Gasteiger partial charge in [-0.25, -0.2) is 0 Å². The molecule has 1 aromatic heterocycles. The minimum Gasteiger partial charge on any atom is -0.367 e. The first-order valence-corrected chi connectivity index (χ1v) is 6.73. The summed E-state index contributed by atoms with van der Waals surface area (Å²) >= 11 is 5.84.